The van der Waals surface area contributed by atoms with Crippen molar-refractivity contribution in [2.75, 3.05) is 18.0 Å². The summed E-state index contributed by atoms with van der Waals surface area (Å²) in [5.74, 6) is -0.763. The van der Waals surface area contributed by atoms with Gasteiger partial charge in [0.05, 0.1) is 23.7 Å². The lowest BCUT2D eigenvalue weighted by Crippen LogP contribution is -2.37. The Balaban J connectivity index is 2.13. The molecule has 1 amide bonds. The van der Waals surface area contributed by atoms with Crippen molar-refractivity contribution in [3.05, 3.63) is 65.0 Å². The number of benzene rings is 2. The van der Waals surface area contributed by atoms with Crippen molar-refractivity contribution < 1.29 is 22.4 Å². The zero-order valence-electron chi connectivity index (χ0n) is 15.2. The molecule has 4 nitrogen and oxygen atoms in total. The Hall–Kier alpha value is -3.08. The third-order valence-electron chi connectivity index (χ3n) is 4.03. The second-order valence-corrected chi connectivity index (χ2v) is 6.16. The van der Waals surface area contributed by atoms with Crippen molar-refractivity contribution in [2.45, 2.75) is 26.1 Å². The highest BCUT2D eigenvalue weighted by Gasteiger charge is 2.34. The van der Waals surface area contributed by atoms with Gasteiger partial charge in [-0.3, -0.25) is 4.79 Å². The van der Waals surface area contributed by atoms with Crippen LogP contribution < -0.4 is 10.2 Å². The molecule has 0 aliphatic heterocycles. The number of nitriles is 1. The van der Waals surface area contributed by atoms with Crippen LogP contribution in [0.1, 0.15) is 30.0 Å². The van der Waals surface area contributed by atoms with Gasteiger partial charge in [0, 0.05) is 18.8 Å². The van der Waals surface area contributed by atoms with Crippen LogP contribution in [0.25, 0.3) is 0 Å². The lowest BCUT2D eigenvalue weighted by molar-refractivity contribution is -0.137. The van der Waals surface area contributed by atoms with Gasteiger partial charge in [-0.1, -0.05) is 19.1 Å². The maximum atomic E-state index is 13.2. The third kappa shape index (κ3) is 5.71. The largest absolute Gasteiger partial charge is 0.417 e. The van der Waals surface area contributed by atoms with Gasteiger partial charge in [0.2, 0.25) is 5.91 Å². The summed E-state index contributed by atoms with van der Waals surface area (Å²) >= 11 is 0. The molecule has 0 saturated carbocycles. The zero-order chi connectivity index (χ0) is 20.7. The van der Waals surface area contributed by atoms with Crippen LogP contribution in [0.4, 0.5) is 23.2 Å². The smallest absolute Gasteiger partial charge is 0.362 e. The quantitative estimate of drug-likeness (QED) is 0.716. The van der Waals surface area contributed by atoms with Gasteiger partial charge in [0.25, 0.3) is 0 Å². The number of nitrogens with zero attached hydrogens (tertiary/aromatic N) is 2. The van der Waals surface area contributed by atoms with Crippen LogP contribution >= 0.6 is 0 Å². The van der Waals surface area contributed by atoms with Gasteiger partial charge in [0.15, 0.2) is 0 Å². The van der Waals surface area contributed by atoms with E-state index in [9.17, 15) is 22.4 Å². The minimum atomic E-state index is -4.66. The van der Waals surface area contributed by atoms with Crippen molar-refractivity contribution >= 4 is 11.6 Å². The molecule has 8 heteroatoms. The molecule has 0 aliphatic rings. The minimum absolute atomic E-state index is 0.141. The van der Waals surface area contributed by atoms with Crippen LogP contribution in [-0.2, 0) is 17.5 Å². The maximum Gasteiger partial charge on any atom is 0.417 e. The Morgan fingerprint density at radius 3 is 2.43 bits per heavy atom. The summed E-state index contributed by atoms with van der Waals surface area (Å²) in [6.07, 6.45) is -4.05. The number of amides is 1. The highest BCUT2D eigenvalue weighted by molar-refractivity contribution is 5.81. The highest BCUT2D eigenvalue weighted by Crippen LogP contribution is 2.34. The molecule has 2 rings (SSSR count). The van der Waals surface area contributed by atoms with Crippen molar-refractivity contribution in [2.24, 2.45) is 0 Å². The summed E-state index contributed by atoms with van der Waals surface area (Å²) in [7, 11) is 0. The Labute approximate surface area is 160 Å². The van der Waals surface area contributed by atoms with Gasteiger partial charge in [-0.15, -0.1) is 0 Å². The van der Waals surface area contributed by atoms with E-state index in [1.165, 1.54) is 41.3 Å². The van der Waals surface area contributed by atoms with E-state index in [4.69, 9.17) is 5.26 Å². The summed E-state index contributed by atoms with van der Waals surface area (Å²) in [6.45, 7) is 2.25. The molecule has 0 aliphatic carbocycles. The molecule has 0 radical (unpaired) electrons. The first-order valence-corrected chi connectivity index (χ1v) is 8.62. The van der Waals surface area contributed by atoms with Crippen LogP contribution in [0.3, 0.4) is 0 Å². The maximum absolute atomic E-state index is 13.2. The Morgan fingerprint density at radius 2 is 1.86 bits per heavy atom. The fourth-order valence-corrected chi connectivity index (χ4v) is 2.66. The van der Waals surface area contributed by atoms with E-state index in [0.717, 1.165) is 12.1 Å². The zero-order valence-corrected chi connectivity index (χ0v) is 15.2. The number of carbonyl (C=O) groups excluding carboxylic acids is 1. The van der Waals surface area contributed by atoms with Gasteiger partial charge in [-0.05, 0) is 42.3 Å². The normalized spacial score (nSPS) is 11.0. The molecule has 28 heavy (non-hydrogen) atoms. The monoisotopic (exact) mass is 393 g/mol. The SMILES string of the molecule is CCCN(CC(=O)NCc1ccc(F)cc1)c1ccc(C#N)c(C(F)(F)F)c1. The summed E-state index contributed by atoms with van der Waals surface area (Å²) < 4.78 is 52.5. The molecule has 0 unspecified atom stereocenters. The fraction of sp³-hybridized carbons (Fsp3) is 0.300. The molecule has 2 aromatic rings. The fourth-order valence-electron chi connectivity index (χ4n) is 2.66. The third-order valence-corrected chi connectivity index (χ3v) is 4.03. The molecule has 0 fully saturated rings. The van der Waals surface area contributed by atoms with E-state index in [1.54, 1.807) is 0 Å². The van der Waals surface area contributed by atoms with Gasteiger partial charge in [-0.2, -0.15) is 18.4 Å². The lowest BCUT2D eigenvalue weighted by Gasteiger charge is -2.25. The number of hydrogen-bond acceptors (Lipinski definition) is 3. The van der Waals surface area contributed by atoms with Gasteiger partial charge < -0.3 is 10.2 Å². The predicted molar refractivity (Wildman–Crippen MR) is 96.9 cm³/mol. The average molecular weight is 393 g/mol. The standard InChI is InChI=1S/C20H19F4N3O/c1-2-9-27(13-19(28)26-12-14-3-6-16(21)7-4-14)17-8-5-15(11-25)18(10-17)20(22,23)24/h3-8,10H,2,9,12-13H2,1H3,(H,26,28). The summed E-state index contributed by atoms with van der Waals surface area (Å²) in [5.41, 5.74) is -0.576. The molecule has 148 valence electrons. The van der Waals surface area contributed by atoms with E-state index in [-0.39, 0.29) is 30.5 Å². The Bertz CT molecular complexity index is 857. The van der Waals surface area contributed by atoms with Crippen molar-refractivity contribution in [1.29, 1.82) is 5.26 Å². The molecular weight excluding hydrogens is 374 g/mol. The van der Waals surface area contributed by atoms with E-state index < -0.39 is 17.3 Å². The molecule has 1 N–H and O–H groups in total. The predicted octanol–water partition coefficient (Wildman–Crippen LogP) is 4.25. The van der Waals surface area contributed by atoms with E-state index in [0.29, 0.717) is 18.5 Å². The molecule has 0 saturated heterocycles. The molecule has 0 bridgehead atoms. The van der Waals surface area contributed by atoms with Crippen LogP contribution in [0, 0.1) is 17.1 Å². The van der Waals surface area contributed by atoms with Crippen LogP contribution in [0.15, 0.2) is 42.5 Å². The van der Waals surface area contributed by atoms with E-state index >= 15 is 0 Å². The summed E-state index contributed by atoms with van der Waals surface area (Å²) in [4.78, 5) is 13.8. The molecule has 0 aromatic heterocycles. The molecule has 0 heterocycles. The average Bonchev–Trinajstić information content (AvgIpc) is 2.66. The Kier molecular flexibility index (Phi) is 6.99. The summed E-state index contributed by atoms with van der Waals surface area (Å²) in [5, 5.41) is 11.6. The van der Waals surface area contributed by atoms with E-state index in [1.807, 2.05) is 6.92 Å². The highest BCUT2D eigenvalue weighted by atomic mass is 19.4. The number of alkyl halides is 3. The number of hydrogen-bond donors (Lipinski definition) is 1. The van der Waals surface area contributed by atoms with Crippen LogP contribution in [0.5, 0.6) is 0 Å². The van der Waals surface area contributed by atoms with Crippen molar-refractivity contribution in [3.63, 3.8) is 0 Å². The number of carbonyl (C=O) groups is 1. The molecule has 2 aromatic carbocycles. The van der Waals surface area contributed by atoms with Crippen LogP contribution in [-0.4, -0.2) is 19.0 Å². The van der Waals surface area contributed by atoms with Gasteiger partial charge in [0.1, 0.15) is 5.82 Å². The van der Waals surface area contributed by atoms with Gasteiger partial charge >= 0.3 is 6.18 Å². The van der Waals surface area contributed by atoms with Crippen LogP contribution in [0.2, 0.25) is 0 Å². The lowest BCUT2D eigenvalue weighted by atomic mass is 10.1. The first-order valence-electron chi connectivity index (χ1n) is 8.62. The summed E-state index contributed by atoms with van der Waals surface area (Å²) in [6, 6.07) is 10.6. The second kappa shape index (κ2) is 9.22. The topological polar surface area (TPSA) is 56.1 Å². The second-order valence-electron chi connectivity index (χ2n) is 6.16. The Morgan fingerprint density at radius 1 is 1.18 bits per heavy atom. The number of rotatable bonds is 7. The molecular formula is C20H19F4N3O. The van der Waals surface area contributed by atoms with E-state index in [2.05, 4.69) is 5.32 Å². The minimum Gasteiger partial charge on any atom is -0.362 e. The first kappa shape index (κ1) is 21.2. The molecule has 0 spiro atoms. The number of anilines is 1. The van der Waals surface area contributed by atoms with Gasteiger partial charge in [-0.25, -0.2) is 4.39 Å². The molecule has 0 atom stereocenters. The number of nitrogens with one attached hydrogen (secondary N) is 1. The van der Waals surface area contributed by atoms with Crippen molar-refractivity contribution in [3.8, 4) is 6.07 Å². The number of halogens is 4. The first-order chi connectivity index (χ1) is 13.2. The van der Waals surface area contributed by atoms with Crippen molar-refractivity contribution in [1.82, 2.24) is 5.32 Å².